The van der Waals surface area contributed by atoms with Crippen molar-refractivity contribution in [2.45, 2.75) is 26.4 Å². The largest absolute Gasteiger partial charge is 0.311 e. The van der Waals surface area contributed by atoms with Crippen molar-refractivity contribution in [2.75, 3.05) is 13.1 Å². The highest BCUT2D eigenvalue weighted by molar-refractivity contribution is 5.65. The van der Waals surface area contributed by atoms with Crippen LogP contribution in [0.1, 0.15) is 29.1 Å². The maximum Gasteiger partial charge on any atom is 0.251 e. The second-order valence-corrected chi connectivity index (χ2v) is 6.95. The lowest BCUT2D eigenvalue weighted by atomic mass is 10.0. The summed E-state index contributed by atoms with van der Waals surface area (Å²) in [4.78, 5) is 21.0. The highest BCUT2D eigenvalue weighted by Gasteiger charge is 2.15. The first kappa shape index (κ1) is 17.4. The minimum absolute atomic E-state index is 0.0865. The molecular formula is C21H23N5O. The number of H-pyrrole nitrogens is 1. The molecule has 3 heterocycles. The molecule has 0 aliphatic carbocycles. The molecule has 0 bridgehead atoms. The number of hydrogen-bond acceptors (Lipinski definition) is 4. The van der Waals surface area contributed by atoms with E-state index in [-0.39, 0.29) is 5.56 Å². The molecule has 3 aromatic rings. The summed E-state index contributed by atoms with van der Waals surface area (Å²) >= 11 is 0. The summed E-state index contributed by atoms with van der Waals surface area (Å²) < 4.78 is 1.99. The van der Waals surface area contributed by atoms with E-state index in [9.17, 15) is 4.79 Å². The van der Waals surface area contributed by atoms with Gasteiger partial charge >= 0.3 is 0 Å². The van der Waals surface area contributed by atoms with Crippen molar-refractivity contribution in [3.8, 4) is 0 Å². The van der Waals surface area contributed by atoms with Gasteiger partial charge in [-0.15, -0.1) is 0 Å². The van der Waals surface area contributed by atoms with E-state index in [0.29, 0.717) is 12.4 Å². The van der Waals surface area contributed by atoms with E-state index in [4.69, 9.17) is 0 Å². The quantitative estimate of drug-likeness (QED) is 0.759. The van der Waals surface area contributed by atoms with E-state index in [1.807, 2.05) is 23.9 Å². The first-order chi connectivity index (χ1) is 13.2. The third-order valence-electron chi connectivity index (χ3n) is 4.78. The second kappa shape index (κ2) is 7.72. The Morgan fingerprint density at radius 3 is 2.78 bits per heavy atom. The monoisotopic (exact) mass is 361 g/mol. The van der Waals surface area contributed by atoms with Crippen LogP contribution in [-0.4, -0.2) is 37.7 Å². The summed E-state index contributed by atoms with van der Waals surface area (Å²) in [7, 11) is 0. The topological polar surface area (TPSA) is 66.8 Å². The van der Waals surface area contributed by atoms with Crippen molar-refractivity contribution in [2.24, 2.45) is 0 Å². The molecule has 0 amide bonds. The number of nitrogens with one attached hydrogen (secondary N) is 1. The summed E-state index contributed by atoms with van der Waals surface area (Å²) in [5.41, 5.74) is 4.51. The highest BCUT2D eigenvalue weighted by Crippen LogP contribution is 2.22. The van der Waals surface area contributed by atoms with Crippen molar-refractivity contribution in [3.05, 3.63) is 87.9 Å². The van der Waals surface area contributed by atoms with Gasteiger partial charge < -0.3 is 4.98 Å². The molecule has 138 valence electrons. The molecule has 1 N–H and O–H groups in total. The number of aryl methyl sites for hydroxylation is 1. The van der Waals surface area contributed by atoms with Gasteiger partial charge in [0.1, 0.15) is 5.82 Å². The van der Waals surface area contributed by atoms with E-state index in [1.165, 1.54) is 16.7 Å². The lowest BCUT2D eigenvalue weighted by Gasteiger charge is -2.25. The summed E-state index contributed by atoms with van der Waals surface area (Å²) in [5, 5.41) is 4.51. The maximum atomic E-state index is 11.6. The molecule has 27 heavy (non-hydrogen) atoms. The predicted molar refractivity (Wildman–Crippen MR) is 105 cm³/mol. The molecule has 1 aliphatic heterocycles. The number of hydrogen-bond donors (Lipinski definition) is 1. The minimum atomic E-state index is -0.0865. The van der Waals surface area contributed by atoms with Crippen LogP contribution in [-0.2, 0) is 13.1 Å². The molecule has 0 radical (unpaired) electrons. The predicted octanol–water partition coefficient (Wildman–Crippen LogP) is 2.61. The summed E-state index contributed by atoms with van der Waals surface area (Å²) in [6.07, 6.45) is 7.30. The van der Waals surface area contributed by atoms with Crippen molar-refractivity contribution in [1.82, 2.24) is 24.6 Å². The van der Waals surface area contributed by atoms with Crippen LogP contribution in [0, 0.1) is 6.92 Å². The van der Waals surface area contributed by atoms with Gasteiger partial charge in [-0.1, -0.05) is 36.4 Å². The number of benzene rings is 1. The second-order valence-electron chi connectivity index (χ2n) is 6.95. The van der Waals surface area contributed by atoms with E-state index in [0.717, 1.165) is 31.7 Å². The molecule has 0 unspecified atom stereocenters. The number of aromatic nitrogens is 4. The Hall–Kier alpha value is -2.99. The number of aromatic amines is 1. The normalized spacial score (nSPS) is 14.9. The highest BCUT2D eigenvalue weighted by atomic mass is 16.1. The van der Waals surface area contributed by atoms with Crippen LogP contribution in [0.5, 0.6) is 0 Å². The number of rotatable bonds is 5. The van der Waals surface area contributed by atoms with Gasteiger partial charge in [0.05, 0.1) is 18.4 Å². The van der Waals surface area contributed by atoms with Crippen LogP contribution in [0.3, 0.4) is 0 Å². The van der Waals surface area contributed by atoms with Gasteiger partial charge in [0.25, 0.3) is 5.56 Å². The average molecular weight is 361 g/mol. The van der Waals surface area contributed by atoms with Gasteiger partial charge in [0.2, 0.25) is 0 Å². The van der Waals surface area contributed by atoms with Crippen LogP contribution < -0.4 is 5.56 Å². The molecular weight excluding hydrogens is 338 g/mol. The smallest absolute Gasteiger partial charge is 0.251 e. The van der Waals surface area contributed by atoms with E-state index in [2.05, 4.69) is 56.5 Å². The van der Waals surface area contributed by atoms with Crippen LogP contribution in [0.15, 0.2) is 59.7 Å². The molecule has 1 aliphatic rings. The van der Waals surface area contributed by atoms with Gasteiger partial charge in [-0.05, 0) is 24.5 Å². The Labute approximate surface area is 158 Å². The van der Waals surface area contributed by atoms with Crippen LogP contribution in [0.25, 0.3) is 5.57 Å². The first-order valence-electron chi connectivity index (χ1n) is 9.21. The van der Waals surface area contributed by atoms with Crippen molar-refractivity contribution < 1.29 is 0 Å². The molecule has 0 saturated heterocycles. The lowest BCUT2D eigenvalue weighted by molar-refractivity contribution is 0.290. The Kier molecular flexibility index (Phi) is 4.98. The SMILES string of the molecule is Cc1nc(CN2CC=C(c3cnn(Cc4ccccc4)c3)CC2)cc(=O)[nH]1. The zero-order chi connectivity index (χ0) is 18.6. The van der Waals surface area contributed by atoms with E-state index >= 15 is 0 Å². The molecule has 0 spiro atoms. The first-order valence-corrected chi connectivity index (χ1v) is 9.21. The van der Waals surface area contributed by atoms with E-state index in [1.54, 1.807) is 6.07 Å². The maximum absolute atomic E-state index is 11.6. The number of nitrogens with zero attached hydrogens (tertiary/aromatic N) is 4. The molecule has 2 aromatic heterocycles. The Morgan fingerprint density at radius 2 is 2.04 bits per heavy atom. The average Bonchev–Trinajstić information content (AvgIpc) is 3.11. The van der Waals surface area contributed by atoms with Gasteiger partial charge in [0.15, 0.2) is 0 Å². The third-order valence-corrected chi connectivity index (χ3v) is 4.78. The van der Waals surface area contributed by atoms with Crippen LogP contribution in [0.2, 0.25) is 0 Å². The van der Waals surface area contributed by atoms with Crippen molar-refractivity contribution in [3.63, 3.8) is 0 Å². The molecule has 0 saturated carbocycles. The van der Waals surface area contributed by atoms with Crippen molar-refractivity contribution >= 4 is 5.57 Å². The van der Waals surface area contributed by atoms with Gasteiger partial charge in [-0.25, -0.2) is 4.98 Å². The summed E-state index contributed by atoms with van der Waals surface area (Å²) in [6, 6.07) is 11.9. The lowest BCUT2D eigenvalue weighted by Crippen LogP contribution is -2.29. The standard InChI is InChI=1S/C21H23N5O/c1-16-23-20(11-21(27)24-16)15-25-9-7-18(8-10-25)19-12-22-26(14-19)13-17-5-3-2-4-6-17/h2-7,11-12,14H,8-10,13,15H2,1H3,(H,23,24,27). The zero-order valence-corrected chi connectivity index (χ0v) is 15.4. The van der Waals surface area contributed by atoms with Crippen LogP contribution in [0.4, 0.5) is 0 Å². The van der Waals surface area contributed by atoms with Gasteiger partial charge in [-0.3, -0.25) is 14.4 Å². The zero-order valence-electron chi connectivity index (χ0n) is 15.4. The summed E-state index contributed by atoms with van der Waals surface area (Å²) in [5.74, 6) is 0.663. The molecule has 0 atom stereocenters. The summed E-state index contributed by atoms with van der Waals surface area (Å²) in [6.45, 7) is 5.10. The third kappa shape index (κ3) is 4.41. The molecule has 4 rings (SSSR count). The fourth-order valence-corrected chi connectivity index (χ4v) is 3.45. The van der Waals surface area contributed by atoms with Gasteiger partial charge in [0, 0.05) is 37.5 Å². The van der Waals surface area contributed by atoms with Crippen molar-refractivity contribution in [1.29, 1.82) is 0 Å². The Morgan fingerprint density at radius 1 is 1.19 bits per heavy atom. The minimum Gasteiger partial charge on any atom is -0.311 e. The fraction of sp³-hybridized carbons (Fsp3) is 0.286. The molecule has 1 aromatic carbocycles. The molecule has 0 fully saturated rings. The Bertz CT molecular complexity index is 1000. The Balaban J connectivity index is 1.39. The van der Waals surface area contributed by atoms with E-state index < -0.39 is 0 Å². The molecule has 6 nitrogen and oxygen atoms in total. The molecule has 6 heteroatoms. The van der Waals surface area contributed by atoms with Crippen LogP contribution >= 0.6 is 0 Å². The fourth-order valence-electron chi connectivity index (χ4n) is 3.45. The van der Waals surface area contributed by atoms with Gasteiger partial charge in [-0.2, -0.15) is 5.10 Å².